The lowest BCUT2D eigenvalue weighted by Crippen LogP contribution is -2.37. The number of aliphatic carboxylic acids is 1. The van der Waals surface area contributed by atoms with Crippen LogP contribution in [0, 0.1) is 11.7 Å². The second-order valence-electron chi connectivity index (χ2n) is 13.5. The van der Waals surface area contributed by atoms with Gasteiger partial charge in [0.05, 0.1) is 19.1 Å². The van der Waals surface area contributed by atoms with Crippen LogP contribution in [0.4, 0.5) is 15.0 Å². The van der Waals surface area contributed by atoms with Crippen molar-refractivity contribution in [2.75, 3.05) is 44.6 Å². The first-order valence-corrected chi connectivity index (χ1v) is 18.0. The van der Waals surface area contributed by atoms with Crippen LogP contribution < -0.4 is 15.4 Å². The predicted octanol–water partition coefficient (Wildman–Crippen LogP) is 6.39. The lowest BCUT2D eigenvalue weighted by Gasteiger charge is -2.29. The van der Waals surface area contributed by atoms with Crippen LogP contribution in [0.1, 0.15) is 93.5 Å². The Labute approximate surface area is 292 Å². The molecule has 2 aliphatic heterocycles. The van der Waals surface area contributed by atoms with Crippen LogP contribution in [0.2, 0.25) is 0 Å². The number of rotatable bonds is 18. The molecule has 3 N–H and O–H groups in total. The third-order valence-corrected chi connectivity index (χ3v) is 10.00. The Morgan fingerprint density at radius 1 is 1.16 bits per heavy atom. The Morgan fingerprint density at radius 3 is 2.78 bits per heavy atom. The van der Waals surface area contributed by atoms with Gasteiger partial charge in [0.1, 0.15) is 5.82 Å². The molecule has 3 heterocycles. The van der Waals surface area contributed by atoms with Gasteiger partial charge in [-0.25, -0.2) is 14.2 Å². The highest BCUT2D eigenvalue weighted by molar-refractivity contribution is 5.78. The molecule has 1 aliphatic carbocycles. The predicted molar refractivity (Wildman–Crippen MR) is 186 cm³/mol. The average Bonchev–Trinajstić information content (AvgIpc) is 3.47. The number of nitrogens with one attached hydrogen (secondary N) is 2. The number of ether oxygens (including phenoxy) is 1. The Hall–Kier alpha value is -4.58. The molecular weight excluding hydrogens is 643 g/mol. The minimum atomic E-state index is -1.06. The quantitative estimate of drug-likeness (QED) is 0.0703. The normalized spacial score (nSPS) is 19.3. The smallest absolute Gasteiger partial charge is 0.320 e. The number of carbonyl (C=O) groups excluding carboxylic acids is 2. The van der Waals surface area contributed by atoms with E-state index < -0.39 is 17.8 Å². The minimum absolute atomic E-state index is 0.0286. The standard InChI is InChI=1S/C36H49FN8O5/c37-30-23-27(11-15-32(30)50-22-16-25-8-12-29(13-9-25)41-33(46)7-1-2-18-40-43-38)31(24-34(47)48)45-21-20-44(36(45)49)19-4-6-28-14-10-26-5-3-17-39-35(26)42-28/h10-11,14-15,23,25,29,31H,1-9,12-13,16-22,24H2,(H,39,42)(H,41,46)(H,47,48). The van der Waals surface area contributed by atoms with Crippen molar-refractivity contribution >= 4 is 23.7 Å². The van der Waals surface area contributed by atoms with E-state index in [2.05, 4.69) is 26.7 Å². The van der Waals surface area contributed by atoms with E-state index >= 15 is 4.39 Å². The largest absolute Gasteiger partial charge is 0.491 e. The molecule has 1 aromatic carbocycles. The zero-order chi connectivity index (χ0) is 35.3. The second kappa shape index (κ2) is 18.4. The van der Waals surface area contributed by atoms with E-state index in [-0.39, 0.29) is 30.2 Å². The van der Waals surface area contributed by atoms with Gasteiger partial charge in [0, 0.05) is 55.8 Å². The second-order valence-corrected chi connectivity index (χ2v) is 13.5. The maximum Gasteiger partial charge on any atom is 0.320 e. The van der Waals surface area contributed by atoms with Crippen LogP contribution in [0.3, 0.4) is 0 Å². The summed E-state index contributed by atoms with van der Waals surface area (Å²) in [6, 6.07) is 7.76. The molecule has 2 aromatic rings. The van der Waals surface area contributed by atoms with Crippen LogP contribution in [0.5, 0.6) is 5.75 Å². The molecule has 1 saturated heterocycles. The zero-order valence-corrected chi connectivity index (χ0v) is 28.7. The van der Waals surface area contributed by atoms with Crippen molar-refractivity contribution in [1.29, 1.82) is 0 Å². The van der Waals surface area contributed by atoms with Crippen molar-refractivity contribution in [2.24, 2.45) is 11.0 Å². The summed E-state index contributed by atoms with van der Waals surface area (Å²) in [5.74, 6) is -0.146. The number of unbranched alkanes of at least 4 members (excludes halogenated alkanes) is 1. The molecule has 1 aromatic heterocycles. The van der Waals surface area contributed by atoms with Crippen LogP contribution in [0.15, 0.2) is 35.4 Å². The highest BCUT2D eigenvalue weighted by Gasteiger charge is 2.35. The molecule has 13 nitrogen and oxygen atoms in total. The van der Waals surface area contributed by atoms with E-state index in [0.29, 0.717) is 63.5 Å². The van der Waals surface area contributed by atoms with Gasteiger partial charge < -0.3 is 30.3 Å². The maximum atomic E-state index is 15.3. The van der Waals surface area contributed by atoms with Crippen molar-refractivity contribution < 1.29 is 28.6 Å². The summed E-state index contributed by atoms with van der Waals surface area (Å²) < 4.78 is 21.1. The van der Waals surface area contributed by atoms with Gasteiger partial charge in [0.15, 0.2) is 11.6 Å². The first-order chi connectivity index (χ1) is 24.3. The summed E-state index contributed by atoms with van der Waals surface area (Å²) in [7, 11) is 0. The molecular formula is C36H49FN8O5. The SMILES string of the molecule is [N-]=[N+]=NCCCCC(=O)NC1CCC(CCOc2ccc(C(CC(=O)O)N3CCN(CCCc4ccc5c(n4)NCCC5)C3=O)cc2F)CC1. The molecule has 0 radical (unpaired) electrons. The molecule has 1 saturated carbocycles. The molecule has 3 aliphatic rings. The lowest BCUT2D eigenvalue weighted by molar-refractivity contribution is -0.138. The maximum absolute atomic E-state index is 15.3. The number of nitrogens with zero attached hydrogens (tertiary/aromatic N) is 6. The van der Waals surface area contributed by atoms with Gasteiger partial charge in [-0.1, -0.05) is 17.2 Å². The zero-order valence-electron chi connectivity index (χ0n) is 28.7. The highest BCUT2D eigenvalue weighted by atomic mass is 19.1. The summed E-state index contributed by atoms with van der Waals surface area (Å²) >= 11 is 0. The number of anilines is 1. The molecule has 1 unspecified atom stereocenters. The first-order valence-electron chi connectivity index (χ1n) is 18.0. The molecule has 14 heteroatoms. The number of fused-ring (bicyclic) bond motifs is 1. The Balaban J connectivity index is 1.06. The van der Waals surface area contributed by atoms with Crippen molar-refractivity contribution in [3.05, 3.63) is 63.4 Å². The number of azide groups is 1. The number of benzene rings is 1. The number of aromatic nitrogens is 1. The number of carbonyl (C=O) groups is 3. The summed E-state index contributed by atoms with van der Waals surface area (Å²) in [5, 5.41) is 19.6. The number of carboxylic acid groups (broad SMARTS) is 1. The average molecular weight is 693 g/mol. The molecule has 270 valence electrons. The van der Waals surface area contributed by atoms with Crippen LogP contribution in [-0.4, -0.2) is 83.2 Å². The molecule has 3 amide bonds. The van der Waals surface area contributed by atoms with Crippen molar-refractivity contribution in [3.63, 3.8) is 0 Å². The van der Waals surface area contributed by atoms with Gasteiger partial charge in [-0.2, -0.15) is 0 Å². The van der Waals surface area contributed by atoms with Crippen molar-refractivity contribution in [1.82, 2.24) is 20.1 Å². The van der Waals surface area contributed by atoms with Crippen molar-refractivity contribution in [2.45, 2.75) is 95.6 Å². The molecule has 5 rings (SSSR count). The molecule has 0 spiro atoms. The number of halogens is 1. The number of aryl methyl sites for hydroxylation is 2. The number of pyridine rings is 1. The fourth-order valence-electron chi connectivity index (χ4n) is 7.22. The van der Waals surface area contributed by atoms with Crippen LogP contribution in [-0.2, 0) is 22.4 Å². The summed E-state index contributed by atoms with van der Waals surface area (Å²) in [6.45, 7) is 3.05. The number of hydrogen-bond donors (Lipinski definition) is 3. The van der Waals surface area contributed by atoms with E-state index in [1.165, 1.54) is 22.6 Å². The number of urea groups is 1. The topological polar surface area (TPSA) is 173 Å². The fourth-order valence-corrected chi connectivity index (χ4v) is 7.22. The van der Waals surface area contributed by atoms with E-state index in [9.17, 15) is 19.5 Å². The van der Waals surface area contributed by atoms with E-state index in [0.717, 1.165) is 75.8 Å². The highest BCUT2D eigenvalue weighted by Crippen LogP contribution is 2.32. The van der Waals surface area contributed by atoms with E-state index in [1.807, 2.05) is 6.07 Å². The number of amides is 3. The van der Waals surface area contributed by atoms with Gasteiger partial charge in [-0.3, -0.25) is 9.59 Å². The van der Waals surface area contributed by atoms with Crippen LogP contribution in [0.25, 0.3) is 10.4 Å². The Kier molecular flexibility index (Phi) is 13.5. The molecule has 2 fully saturated rings. The molecule has 1 atom stereocenters. The first kappa shape index (κ1) is 36.7. The van der Waals surface area contributed by atoms with Crippen LogP contribution >= 0.6 is 0 Å². The Morgan fingerprint density at radius 2 is 2.00 bits per heavy atom. The summed E-state index contributed by atoms with van der Waals surface area (Å²) in [5.41, 5.74) is 11.0. The molecule has 0 bridgehead atoms. The monoisotopic (exact) mass is 692 g/mol. The van der Waals surface area contributed by atoms with Gasteiger partial charge in [-0.15, -0.1) is 0 Å². The third kappa shape index (κ3) is 10.5. The van der Waals surface area contributed by atoms with E-state index in [1.54, 1.807) is 11.0 Å². The summed E-state index contributed by atoms with van der Waals surface area (Å²) in [4.78, 5) is 48.2. The Bertz CT molecular complexity index is 1530. The van der Waals surface area contributed by atoms with Gasteiger partial charge in [0.2, 0.25) is 5.91 Å². The van der Waals surface area contributed by atoms with Gasteiger partial charge >= 0.3 is 12.0 Å². The number of carboxylic acids is 1. The fraction of sp³-hybridized carbons (Fsp3) is 0.611. The summed E-state index contributed by atoms with van der Waals surface area (Å²) in [6.07, 6.45) is 9.52. The van der Waals surface area contributed by atoms with Crippen molar-refractivity contribution in [3.8, 4) is 5.75 Å². The molecule has 50 heavy (non-hydrogen) atoms. The number of hydrogen-bond acceptors (Lipinski definition) is 7. The van der Waals surface area contributed by atoms with Gasteiger partial charge in [0.25, 0.3) is 0 Å². The third-order valence-electron chi connectivity index (χ3n) is 10.00. The minimum Gasteiger partial charge on any atom is -0.491 e. The van der Waals surface area contributed by atoms with E-state index in [4.69, 9.17) is 15.3 Å². The van der Waals surface area contributed by atoms with Gasteiger partial charge in [-0.05, 0) is 111 Å². The lowest BCUT2D eigenvalue weighted by atomic mass is 9.84.